The van der Waals surface area contributed by atoms with Crippen LogP contribution < -0.4 is 5.32 Å². The normalized spacial score (nSPS) is 12.5. The van der Waals surface area contributed by atoms with E-state index in [1.54, 1.807) is 24.3 Å². The maximum atomic E-state index is 11.4. The van der Waals surface area contributed by atoms with Crippen molar-refractivity contribution in [2.45, 2.75) is 38.8 Å². The van der Waals surface area contributed by atoms with Crippen molar-refractivity contribution in [3.63, 3.8) is 0 Å². The lowest BCUT2D eigenvalue weighted by atomic mass is 10.0. The highest BCUT2D eigenvalue weighted by molar-refractivity contribution is 6.30. The van der Waals surface area contributed by atoms with E-state index in [-0.39, 0.29) is 11.9 Å². The summed E-state index contributed by atoms with van der Waals surface area (Å²) in [5, 5.41) is 13.3. The molecule has 1 aromatic rings. The molecular weight excluding hydrogens is 238 g/mol. The summed E-state index contributed by atoms with van der Waals surface area (Å²) < 4.78 is 0. The maximum absolute atomic E-state index is 11.4. The molecule has 0 fully saturated rings. The molecule has 0 saturated carbocycles. The van der Waals surface area contributed by atoms with Crippen LogP contribution in [0.15, 0.2) is 24.3 Å². The fourth-order valence-corrected chi connectivity index (χ4v) is 1.64. The van der Waals surface area contributed by atoms with E-state index in [1.165, 1.54) is 0 Å². The molecule has 17 heavy (non-hydrogen) atoms. The van der Waals surface area contributed by atoms with Crippen molar-refractivity contribution in [2.75, 3.05) is 0 Å². The van der Waals surface area contributed by atoms with E-state index in [1.807, 2.05) is 13.8 Å². The Morgan fingerprint density at radius 2 is 1.94 bits per heavy atom. The molecule has 0 bridgehead atoms. The van der Waals surface area contributed by atoms with Gasteiger partial charge >= 0.3 is 0 Å². The largest absolute Gasteiger partial charge is 0.388 e. The third-order valence-corrected chi connectivity index (χ3v) is 2.60. The summed E-state index contributed by atoms with van der Waals surface area (Å²) >= 11 is 5.76. The van der Waals surface area contributed by atoms with E-state index in [0.717, 1.165) is 5.56 Å². The Balaban J connectivity index is 2.42. The van der Waals surface area contributed by atoms with Gasteiger partial charge in [-0.05, 0) is 38.0 Å². The van der Waals surface area contributed by atoms with Crippen LogP contribution in [0.2, 0.25) is 5.02 Å². The molecule has 0 aromatic heterocycles. The van der Waals surface area contributed by atoms with Crippen molar-refractivity contribution < 1.29 is 9.90 Å². The molecule has 0 heterocycles. The van der Waals surface area contributed by atoms with E-state index >= 15 is 0 Å². The Kier molecular flexibility index (Phi) is 5.45. The zero-order valence-electron chi connectivity index (χ0n) is 10.1. The quantitative estimate of drug-likeness (QED) is 0.850. The second-order valence-electron chi connectivity index (χ2n) is 4.33. The van der Waals surface area contributed by atoms with Gasteiger partial charge in [-0.3, -0.25) is 4.79 Å². The molecule has 0 aliphatic heterocycles. The molecule has 0 radical (unpaired) electrons. The van der Waals surface area contributed by atoms with Gasteiger partial charge in [-0.1, -0.05) is 23.7 Å². The fraction of sp³-hybridized carbons (Fsp3) is 0.462. The minimum atomic E-state index is -0.620. The lowest BCUT2D eigenvalue weighted by Crippen LogP contribution is -2.30. The number of rotatable bonds is 5. The molecule has 4 heteroatoms. The molecule has 0 saturated heterocycles. The van der Waals surface area contributed by atoms with Gasteiger partial charge in [0.25, 0.3) is 0 Å². The first-order valence-corrected chi connectivity index (χ1v) is 6.09. The highest BCUT2D eigenvalue weighted by Crippen LogP contribution is 2.20. The minimum Gasteiger partial charge on any atom is -0.388 e. The predicted molar refractivity (Wildman–Crippen MR) is 68.9 cm³/mol. The van der Waals surface area contributed by atoms with Crippen molar-refractivity contribution in [2.24, 2.45) is 0 Å². The summed E-state index contributed by atoms with van der Waals surface area (Å²) in [4.78, 5) is 11.4. The van der Waals surface area contributed by atoms with Crippen LogP contribution in [-0.2, 0) is 4.79 Å². The molecule has 0 aliphatic carbocycles. The summed E-state index contributed by atoms with van der Waals surface area (Å²) in [7, 11) is 0. The van der Waals surface area contributed by atoms with Crippen molar-refractivity contribution in [3.8, 4) is 0 Å². The number of hydrogen-bond donors (Lipinski definition) is 2. The van der Waals surface area contributed by atoms with E-state index in [2.05, 4.69) is 5.32 Å². The lowest BCUT2D eigenvalue weighted by molar-refractivity contribution is -0.122. The van der Waals surface area contributed by atoms with Crippen LogP contribution in [0.4, 0.5) is 0 Å². The number of carbonyl (C=O) groups excluding carboxylic acids is 1. The third kappa shape index (κ3) is 5.20. The second kappa shape index (κ2) is 6.62. The monoisotopic (exact) mass is 255 g/mol. The first-order chi connectivity index (χ1) is 7.99. The standard InChI is InChI=1S/C13H18ClNO2/c1-9(2)15-13(17)8-7-12(16)10-3-5-11(14)6-4-10/h3-6,9,12,16H,7-8H2,1-2H3,(H,15,17). The van der Waals surface area contributed by atoms with E-state index < -0.39 is 6.10 Å². The first-order valence-electron chi connectivity index (χ1n) is 5.72. The second-order valence-corrected chi connectivity index (χ2v) is 4.76. The number of benzene rings is 1. The number of aliphatic hydroxyl groups is 1. The van der Waals surface area contributed by atoms with Crippen LogP contribution in [0.1, 0.15) is 38.4 Å². The minimum absolute atomic E-state index is 0.0342. The van der Waals surface area contributed by atoms with Crippen molar-refractivity contribution in [1.29, 1.82) is 0 Å². The smallest absolute Gasteiger partial charge is 0.220 e. The fourth-order valence-electron chi connectivity index (χ4n) is 1.51. The number of aliphatic hydroxyl groups excluding tert-OH is 1. The van der Waals surface area contributed by atoms with Crippen LogP contribution in [0.25, 0.3) is 0 Å². The van der Waals surface area contributed by atoms with Crippen LogP contribution >= 0.6 is 11.6 Å². The Morgan fingerprint density at radius 3 is 2.47 bits per heavy atom. The number of carbonyl (C=O) groups is 1. The van der Waals surface area contributed by atoms with Crippen molar-refractivity contribution >= 4 is 17.5 Å². The van der Waals surface area contributed by atoms with E-state index in [0.29, 0.717) is 17.9 Å². The van der Waals surface area contributed by atoms with Gasteiger partial charge in [0.1, 0.15) is 0 Å². The van der Waals surface area contributed by atoms with Crippen molar-refractivity contribution in [3.05, 3.63) is 34.9 Å². The van der Waals surface area contributed by atoms with Crippen LogP contribution in [0.5, 0.6) is 0 Å². The molecular formula is C13H18ClNO2. The topological polar surface area (TPSA) is 49.3 Å². The van der Waals surface area contributed by atoms with Crippen LogP contribution in [0, 0.1) is 0 Å². The highest BCUT2D eigenvalue weighted by atomic mass is 35.5. The maximum Gasteiger partial charge on any atom is 0.220 e. The SMILES string of the molecule is CC(C)NC(=O)CCC(O)c1ccc(Cl)cc1. The van der Waals surface area contributed by atoms with E-state index in [9.17, 15) is 9.90 Å². The zero-order chi connectivity index (χ0) is 12.8. The number of halogens is 1. The molecule has 94 valence electrons. The zero-order valence-corrected chi connectivity index (χ0v) is 10.9. The average Bonchev–Trinajstić information content (AvgIpc) is 2.26. The predicted octanol–water partition coefficient (Wildman–Crippen LogP) is 2.68. The summed E-state index contributed by atoms with van der Waals surface area (Å²) in [6, 6.07) is 7.14. The van der Waals surface area contributed by atoms with E-state index in [4.69, 9.17) is 11.6 Å². The Morgan fingerprint density at radius 1 is 1.35 bits per heavy atom. The van der Waals surface area contributed by atoms with Gasteiger partial charge in [0.15, 0.2) is 0 Å². The van der Waals surface area contributed by atoms with Crippen LogP contribution in [0.3, 0.4) is 0 Å². The van der Waals surface area contributed by atoms with Gasteiger partial charge in [-0.2, -0.15) is 0 Å². The third-order valence-electron chi connectivity index (χ3n) is 2.35. The van der Waals surface area contributed by atoms with Crippen LogP contribution in [-0.4, -0.2) is 17.1 Å². The molecule has 0 aliphatic rings. The number of hydrogen-bond acceptors (Lipinski definition) is 2. The van der Waals surface area contributed by atoms with Gasteiger partial charge in [0, 0.05) is 17.5 Å². The summed E-state index contributed by atoms with van der Waals surface area (Å²) in [6.45, 7) is 3.82. The molecule has 0 spiro atoms. The Bertz CT molecular complexity index is 362. The van der Waals surface area contributed by atoms with Gasteiger partial charge in [0.2, 0.25) is 5.91 Å². The highest BCUT2D eigenvalue weighted by Gasteiger charge is 2.10. The lowest BCUT2D eigenvalue weighted by Gasteiger charge is -2.12. The Labute approximate surface area is 107 Å². The molecule has 3 nitrogen and oxygen atoms in total. The van der Waals surface area contributed by atoms with Gasteiger partial charge in [-0.25, -0.2) is 0 Å². The average molecular weight is 256 g/mol. The summed E-state index contributed by atoms with van der Waals surface area (Å²) in [5.74, 6) is -0.0342. The summed E-state index contributed by atoms with van der Waals surface area (Å²) in [6.07, 6.45) is 0.118. The molecule has 1 unspecified atom stereocenters. The number of amides is 1. The van der Waals surface area contributed by atoms with Gasteiger partial charge in [0.05, 0.1) is 6.10 Å². The first kappa shape index (κ1) is 14.0. The summed E-state index contributed by atoms with van der Waals surface area (Å²) in [5.41, 5.74) is 0.784. The molecule has 1 aromatic carbocycles. The molecule has 1 atom stereocenters. The molecule has 1 amide bonds. The van der Waals surface area contributed by atoms with Gasteiger partial charge < -0.3 is 10.4 Å². The molecule has 1 rings (SSSR count). The number of nitrogens with one attached hydrogen (secondary N) is 1. The van der Waals surface area contributed by atoms with Crippen molar-refractivity contribution in [1.82, 2.24) is 5.32 Å². The Hall–Kier alpha value is -1.06. The molecule has 2 N–H and O–H groups in total. The van der Waals surface area contributed by atoms with Gasteiger partial charge in [-0.15, -0.1) is 0 Å².